The molecule has 1 unspecified atom stereocenters. The summed E-state index contributed by atoms with van der Waals surface area (Å²) in [5, 5.41) is 0. The molecule has 0 fully saturated rings. The molecule has 0 aromatic heterocycles. The molecule has 0 amide bonds. The highest BCUT2D eigenvalue weighted by Crippen LogP contribution is 2.06. The first-order valence-corrected chi connectivity index (χ1v) is 3.71. The molecule has 2 heteroatoms. The van der Waals surface area contributed by atoms with Gasteiger partial charge >= 0.3 is 5.97 Å². The van der Waals surface area contributed by atoms with Crippen LogP contribution in [0.4, 0.5) is 0 Å². The summed E-state index contributed by atoms with van der Waals surface area (Å²) in [4.78, 5) is 10.3. The highest BCUT2D eigenvalue weighted by molar-refractivity contribution is 5.84. The number of hydrogen-bond acceptors (Lipinski definition) is 2. The third-order valence-corrected chi connectivity index (χ3v) is 1.12. The summed E-state index contributed by atoms with van der Waals surface area (Å²) in [6.45, 7) is 5.98. The lowest BCUT2D eigenvalue weighted by Crippen LogP contribution is -2.04. The predicted molar refractivity (Wildman–Crippen MR) is 40.7 cm³/mol. The molecule has 1 atom stereocenters. The van der Waals surface area contributed by atoms with Crippen molar-refractivity contribution < 1.29 is 9.53 Å². The Morgan fingerprint density at radius 1 is 1.60 bits per heavy atom. The van der Waals surface area contributed by atoms with Crippen LogP contribution in [0.1, 0.15) is 27.2 Å². The lowest BCUT2D eigenvalue weighted by Gasteiger charge is -2.01. The summed E-state index contributed by atoms with van der Waals surface area (Å²) in [5.74, 6) is -0.211. The van der Waals surface area contributed by atoms with Crippen LogP contribution in [-0.4, -0.2) is 12.1 Å². The van der Waals surface area contributed by atoms with Crippen molar-refractivity contribution in [3.63, 3.8) is 0 Å². The van der Waals surface area contributed by atoms with E-state index >= 15 is 0 Å². The van der Waals surface area contributed by atoms with E-state index in [0.717, 1.165) is 6.42 Å². The maximum absolute atomic E-state index is 10.3. The standard InChI is InChI=1S/C6H8O2.C2H6/c1-2-5-3-4-6(7)8-5;1-2/h3-5H,2H2,1H3;1-2H3. The van der Waals surface area contributed by atoms with Gasteiger partial charge in [-0.25, -0.2) is 4.79 Å². The number of carbonyl (C=O) groups excluding carboxylic acids is 1. The lowest BCUT2D eigenvalue weighted by molar-refractivity contribution is -0.138. The highest BCUT2D eigenvalue weighted by Gasteiger charge is 2.12. The van der Waals surface area contributed by atoms with E-state index in [0.29, 0.717) is 0 Å². The second kappa shape index (κ2) is 5.03. The molecular formula is C8H14O2. The Kier molecular flexibility index (Phi) is 4.63. The summed E-state index contributed by atoms with van der Waals surface area (Å²) < 4.78 is 4.76. The van der Waals surface area contributed by atoms with Gasteiger partial charge in [-0.05, 0) is 12.5 Å². The van der Waals surface area contributed by atoms with Gasteiger partial charge in [0.15, 0.2) is 0 Å². The van der Waals surface area contributed by atoms with E-state index in [1.807, 2.05) is 20.8 Å². The zero-order valence-electron chi connectivity index (χ0n) is 6.76. The smallest absolute Gasteiger partial charge is 0.331 e. The van der Waals surface area contributed by atoms with Gasteiger partial charge < -0.3 is 4.74 Å². The monoisotopic (exact) mass is 142 g/mol. The minimum Gasteiger partial charge on any atom is -0.455 e. The molecule has 0 N–H and O–H groups in total. The first kappa shape index (κ1) is 9.21. The van der Waals surface area contributed by atoms with Crippen LogP contribution in [0.25, 0.3) is 0 Å². The van der Waals surface area contributed by atoms with Gasteiger partial charge in [-0.1, -0.05) is 20.8 Å². The van der Waals surface area contributed by atoms with Crippen molar-refractivity contribution in [2.24, 2.45) is 0 Å². The van der Waals surface area contributed by atoms with Gasteiger partial charge in [-0.3, -0.25) is 0 Å². The second-order valence-corrected chi connectivity index (χ2v) is 1.74. The van der Waals surface area contributed by atoms with Crippen molar-refractivity contribution in [2.75, 3.05) is 0 Å². The zero-order valence-corrected chi connectivity index (χ0v) is 6.76. The molecule has 0 aromatic carbocycles. The fraction of sp³-hybridized carbons (Fsp3) is 0.625. The Balaban J connectivity index is 0.000000371. The van der Waals surface area contributed by atoms with Gasteiger partial charge in [-0.2, -0.15) is 0 Å². The Hall–Kier alpha value is -0.790. The van der Waals surface area contributed by atoms with Crippen molar-refractivity contribution in [3.05, 3.63) is 12.2 Å². The molecule has 10 heavy (non-hydrogen) atoms. The van der Waals surface area contributed by atoms with Crippen molar-refractivity contribution in [1.82, 2.24) is 0 Å². The highest BCUT2D eigenvalue weighted by atomic mass is 16.5. The Morgan fingerprint density at radius 3 is 2.40 bits per heavy atom. The average molecular weight is 142 g/mol. The van der Waals surface area contributed by atoms with Crippen LogP contribution in [0.3, 0.4) is 0 Å². The second-order valence-electron chi connectivity index (χ2n) is 1.74. The van der Waals surface area contributed by atoms with Crippen molar-refractivity contribution in [1.29, 1.82) is 0 Å². The normalized spacial score (nSPS) is 21.5. The van der Waals surface area contributed by atoms with Gasteiger partial charge in [0.1, 0.15) is 6.10 Å². The number of cyclic esters (lactones) is 1. The minimum absolute atomic E-state index is 0.0440. The average Bonchev–Trinajstić information content (AvgIpc) is 2.40. The summed E-state index contributed by atoms with van der Waals surface area (Å²) in [5.41, 5.74) is 0. The molecular weight excluding hydrogens is 128 g/mol. The number of hydrogen-bond donors (Lipinski definition) is 0. The van der Waals surface area contributed by atoms with E-state index in [1.54, 1.807) is 6.08 Å². The maximum Gasteiger partial charge on any atom is 0.331 e. The fourth-order valence-corrected chi connectivity index (χ4v) is 0.633. The fourth-order valence-electron chi connectivity index (χ4n) is 0.633. The summed E-state index contributed by atoms with van der Waals surface area (Å²) >= 11 is 0. The Morgan fingerprint density at radius 2 is 2.20 bits per heavy atom. The predicted octanol–water partition coefficient (Wildman–Crippen LogP) is 1.90. The van der Waals surface area contributed by atoms with Crippen LogP contribution >= 0.6 is 0 Å². The third-order valence-electron chi connectivity index (χ3n) is 1.12. The van der Waals surface area contributed by atoms with Gasteiger partial charge in [0, 0.05) is 6.08 Å². The first-order chi connectivity index (χ1) is 4.83. The molecule has 0 aromatic rings. The van der Waals surface area contributed by atoms with Gasteiger partial charge in [-0.15, -0.1) is 0 Å². The topological polar surface area (TPSA) is 26.3 Å². The number of ether oxygens (including phenoxy) is 1. The summed E-state index contributed by atoms with van der Waals surface area (Å²) in [6.07, 6.45) is 4.17. The summed E-state index contributed by atoms with van der Waals surface area (Å²) in [6, 6.07) is 0. The van der Waals surface area contributed by atoms with Crippen molar-refractivity contribution in [2.45, 2.75) is 33.3 Å². The largest absolute Gasteiger partial charge is 0.455 e. The van der Waals surface area contributed by atoms with Crippen LogP contribution < -0.4 is 0 Å². The molecule has 1 rings (SSSR count). The van der Waals surface area contributed by atoms with Crippen molar-refractivity contribution in [3.8, 4) is 0 Å². The zero-order chi connectivity index (χ0) is 7.98. The molecule has 0 bridgehead atoms. The lowest BCUT2D eigenvalue weighted by atomic mass is 10.3. The molecule has 0 saturated heterocycles. The van der Waals surface area contributed by atoms with Crippen LogP contribution in [0, 0.1) is 0 Å². The van der Waals surface area contributed by atoms with E-state index in [4.69, 9.17) is 4.74 Å². The Bertz CT molecular complexity index is 127. The number of rotatable bonds is 1. The van der Waals surface area contributed by atoms with Crippen molar-refractivity contribution >= 4 is 5.97 Å². The molecule has 2 nitrogen and oxygen atoms in total. The third kappa shape index (κ3) is 2.67. The van der Waals surface area contributed by atoms with Crippen LogP contribution in [-0.2, 0) is 9.53 Å². The molecule has 1 aliphatic heterocycles. The van der Waals surface area contributed by atoms with E-state index in [2.05, 4.69) is 0 Å². The molecule has 1 aliphatic rings. The van der Waals surface area contributed by atoms with E-state index in [1.165, 1.54) is 6.08 Å². The molecule has 0 spiro atoms. The van der Waals surface area contributed by atoms with E-state index in [9.17, 15) is 4.79 Å². The Labute approximate surface area is 61.9 Å². The van der Waals surface area contributed by atoms with E-state index < -0.39 is 0 Å². The number of esters is 1. The maximum atomic E-state index is 10.3. The molecule has 0 radical (unpaired) electrons. The van der Waals surface area contributed by atoms with Crippen LogP contribution in [0.5, 0.6) is 0 Å². The van der Waals surface area contributed by atoms with Gasteiger partial charge in [0.05, 0.1) is 0 Å². The first-order valence-electron chi connectivity index (χ1n) is 3.71. The van der Waals surface area contributed by atoms with Gasteiger partial charge in [0.25, 0.3) is 0 Å². The molecule has 0 aliphatic carbocycles. The minimum atomic E-state index is -0.211. The van der Waals surface area contributed by atoms with Crippen LogP contribution in [0.2, 0.25) is 0 Å². The molecule has 58 valence electrons. The van der Waals surface area contributed by atoms with E-state index in [-0.39, 0.29) is 12.1 Å². The SMILES string of the molecule is CC.CCC1C=CC(=O)O1. The summed E-state index contributed by atoms with van der Waals surface area (Å²) in [7, 11) is 0. The number of carbonyl (C=O) groups is 1. The van der Waals surface area contributed by atoms with Gasteiger partial charge in [0.2, 0.25) is 0 Å². The van der Waals surface area contributed by atoms with Crippen LogP contribution in [0.15, 0.2) is 12.2 Å². The molecule has 1 heterocycles. The molecule has 0 saturated carbocycles. The quantitative estimate of drug-likeness (QED) is 0.523.